The minimum Gasteiger partial charge on any atom is -0.326 e. The summed E-state index contributed by atoms with van der Waals surface area (Å²) in [6.45, 7) is 3.57. The summed E-state index contributed by atoms with van der Waals surface area (Å²) >= 11 is 1.36. The minimum atomic E-state index is -3.75. The molecule has 0 bridgehead atoms. The molecule has 4 aromatic rings. The molecule has 11 heteroatoms. The summed E-state index contributed by atoms with van der Waals surface area (Å²) in [7, 11) is -3.75. The number of carbonyl (C=O) groups excluding carboxylic acids is 1. The van der Waals surface area contributed by atoms with Crippen LogP contribution in [0.3, 0.4) is 0 Å². The summed E-state index contributed by atoms with van der Waals surface area (Å²) in [6.07, 6.45) is 0.715. The number of nitrogens with zero attached hydrogens (tertiary/aromatic N) is 3. The van der Waals surface area contributed by atoms with Crippen LogP contribution in [0.25, 0.3) is 16.3 Å². The van der Waals surface area contributed by atoms with Crippen molar-refractivity contribution in [2.45, 2.75) is 31.6 Å². The Kier molecular flexibility index (Phi) is 6.54. The van der Waals surface area contributed by atoms with Crippen LogP contribution >= 0.6 is 11.3 Å². The van der Waals surface area contributed by atoms with Gasteiger partial charge in [0.1, 0.15) is 5.82 Å². The van der Waals surface area contributed by atoms with Crippen molar-refractivity contribution in [3.63, 3.8) is 0 Å². The fourth-order valence-electron chi connectivity index (χ4n) is 3.32. The Morgan fingerprint density at radius 3 is 2.73 bits per heavy atom. The van der Waals surface area contributed by atoms with Gasteiger partial charge in [0, 0.05) is 30.5 Å². The second kappa shape index (κ2) is 9.38. The maximum atomic E-state index is 14.1. The molecule has 0 fully saturated rings. The number of nitrogens with one attached hydrogen (secondary N) is 2. The number of fused-ring (bicyclic) bond motifs is 1. The third kappa shape index (κ3) is 4.95. The zero-order chi connectivity index (χ0) is 23.6. The molecule has 0 saturated carbocycles. The maximum absolute atomic E-state index is 14.1. The molecule has 2 heterocycles. The number of rotatable bonds is 8. The van der Waals surface area contributed by atoms with Crippen LogP contribution < -0.4 is 10.0 Å². The van der Waals surface area contributed by atoms with E-state index in [4.69, 9.17) is 0 Å². The van der Waals surface area contributed by atoms with E-state index in [-0.39, 0.29) is 23.2 Å². The number of thiazole rings is 1. The standard InChI is InChI=1S/C22H22FN5O3S2/c1-3-20(29)25-15-8-9-19(14(2)12-15)33(30,31)24-11-10-16-13-32-22-26-21(27-28(16)22)17-6-4-5-7-18(17)23/h4-9,12-13,24H,3,10-11H2,1-2H3,(H,25,29). The van der Waals surface area contributed by atoms with E-state index in [0.717, 1.165) is 5.69 Å². The second-order valence-electron chi connectivity index (χ2n) is 7.37. The normalized spacial score (nSPS) is 11.7. The van der Waals surface area contributed by atoms with Gasteiger partial charge in [-0.15, -0.1) is 16.4 Å². The van der Waals surface area contributed by atoms with Gasteiger partial charge in [-0.3, -0.25) is 4.79 Å². The molecule has 0 aliphatic heterocycles. The number of anilines is 1. The molecule has 2 aromatic carbocycles. The predicted octanol–water partition coefficient (Wildman–Crippen LogP) is 3.77. The number of amides is 1. The van der Waals surface area contributed by atoms with Gasteiger partial charge in [-0.1, -0.05) is 19.1 Å². The van der Waals surface area contributed by atoms with Crippen LogP contribution in [0.4, 0.5) is 10.1 Å². The quantitative estimate of drug-likeness (QED) is 0.394. The predicted molar refractivity (Wildman–Crippen MR) is 125 cm³/mol. The summed E-state index contributed by atoms with van der Waals surface area (Å²) in [5, 5.41) is 8.96. The van der Waals surface area contributed by atoms with E-state index < -0.39 is 15.8 Å². The lowest BCUT2D eigenvalue weighted by Gasteiger charge is -2.11. The van der Waals surface area contributed by atoms with Gasteiger partial charge in [0.25, 0.3) is 0 Å². The van der Waals surface area contributed by atoms with Crippen molar-refractivity contribution in [1.82, 2.24) is 19.3 Å². The Morgan fingerprint density at radius 1 is 1.21 bits per heavy atom. The van der Waals surface area contributed by atoms with Crippen LogP contribution in [0.15, 0.2) is 52.7 Å². The fraction of sp³-hybridized carbons (Fsp3) is 0.227. The number of sulfonamides is 1. The van der Waals surface area contributed by atoms with Crippen molar-refractivity contribution in [3.05, 3.63) is 64.9 Å². The Bertz CT molecular complexity index is 1430. The number of aryl methyl sites for hydroxylation is 1. The molecule has 2 aromatic heterocycles. The third-order valence-electron chi connectivity index (χ3n) is 5.01. The number of carbonyl (C=O) groups is 1. The Morgan fingerprint density at radius 2 is 2.00 bits per heavy atom. The lowest BCUT2D eigenvalue weighted by atomic mass is 10.2. The van der Waals surface area contributed by atoms with Gasteiger partial charge in [0.05, 0.1) is 16.2 Å². The Labute approximate surface area is 194 Å². The van der Waals surface area contributed by atoms with Crippen molar-refractivity contribution in [3.8, 4) is 11.4 Å². The SMILES string of the molecule is CCC(=O)Nc1ccc(S(=O)(=O)NCCc2csc3nc(-c4ccccc4F)nn23)c(C)c1. The molecular weight excluding hydrogens is 465 g/mol. The first-order valence-corrected chi connectivity index (χ1v) is 12.6. The molecule has 4 rings (SSSR count). The van der Waals surface area contributed by atoms with E-state index in [0.29, 0.717) is 34.6 Å². The fourth-order valence-corrected chi connectivity index (χ4v) is 5.44. The highest BCUT2D eigenvalue weighted by Gasteiger charge is 2.18. The first-order valence-electron chi connectivity index (χ1n) is 10.3. The number of halogens is 1. The van der Waals surface area contributed by atoms with Gasteiger partial charge in [-0.2, -0.15) is 4.98 Å². The van der Waals surface area contributed by atoms with Crippen LogP contribution in [-0.2, 0) is 21.2 Å². The zero-order valence-corrected chi connectivity index (χ0v) is 19.6. The summed E-state index contributed by atoms with van der Waals surface area (Å²) in [5.41, 5.74) is 2.16. The molecule has 0 spiro atoms. The maximum Gasteiger partial charge on any atom is 0.240 e. The highest BCUT2D eigenvalue weighted by Crippen LogP contribution is 2.23. The van der Waals surface area contributed by atoms with Crippen LogP contribution in [0.1, 0.15) is 24.6 Å². The number of benzene rings is 2. The van der Waals surface area contributed by atoms with E-state index in [1.165, 1.54) is 23.5 Å². The van der Waals surface area contributed by atoms with Crippen molar-refractivity contribution in [2.75, 3.05) is 11.9 Å². The molecule has 8 nitrogen and oxygen atoms in total. The van der Waals surface area contributed by atoms with Gasteiger partial charge in [0.2, 0.25) is 20.9 Å². The van der Waals surface area contributed by atoms with Gasteiger partial charge < -0.3 is 5.32 Å². The van der Waals surface area contributed by atoms with Crippen molar-refractivity contribution < 1.29 is 17.6 Å². The Hall–Kier alpha value is -3.15. The van der Waals surface area contributed by atoms with Crippen molar-refractivity contribution >= 4 is 37.9 Å². The average Bonchev–Trinajstić information content (AvgIpc) is 3.35. The molecule has 172 valence electrons. The number of hydrogen-bond donors (Lipinski definition) is 2. The average molecular weight is 488 g/mol. The zero-order valence-electron chi connectivity index (χ0n) is 18.0. The number of aromatic nitrogens is 3. The minimum absolute atomic E-state index is 0.142. The first kappa shape index (κ1) is 23.0. The molecule has 0 aliphatic rings. The highest BCUT2D eigenvalue weighted by atomic mass is 32.2. The van der Waals surface area contributed by atoms with E-state index in [2.05, 4.69) is 20.1 Å². The van der Waals surface area contributed by atoms with Crippen molar-refractivity contribution in [2.24, 2.45) is 0 Å². The van der Waals surface area contributed by atoms with Gasteiger partial charge in [0.15, 0.2) is 5.82 Å². The lowest BCUT2D eigenvalue weighted by molar-refractivity contribution is -0.115. The van der Waals surface area contributed by atoms with Crippen LogP contribution in [0.5, 0.6) is 0 Å². The molecule has 1 amide bonds. The molecular formula is C22H22FN5O3S2. The molecule has 0 unspecified atom stereocenters. The molecule has 0 aliphatic carbocycles. The molecule has 33 heavy (non-hydrogen) atoms. The van der Waals surface area contributed by atoms with E-state index >= 15 is 0 Å². The summed E-state index contributed by atoms with van der Waals surface area (Å²) in [4.78, 5) is 16.7. The smallest absolute Gasteiger partial charge is 0.240 e. The van der Waals surface area contributed by atoms with Crippen LogP contribution in [0.2, 0.25) is 0 Å². The lowest BCUT2D eigenvalue weighted by Crippen LogP contribution is -2.27. The highest BCUT2D eigenvalue weighted by molar-refractivity contribution is 7.89. The molecule has 0 atom stereocenters. The largest absolute Gasteiger partial charge is 0.326 e. The topological polar surface area (TPSA) is 105 Å². The van der Waals surface area contributed by atoms with E-state index in [1.54, 1.807) is 48.7 Å². The third-order valence-corrected chi connectivity index (χ3v) is 7.49. The summed E-state index contributed by atoms with van der Waals surface area (Å²) < 4.78 is 43.9. The summed E-state index contributed by atoms with van der Waals surface area (Å²) in [5.74, 6) is -0.259. The van der Waals surface area contributed by atoms with Gasteiger partial charge in [-0.05, 0) is 42.8 Å². The monoisotopic (exact) mass is 487 g/mol. The second-order valence-corrected chi connectivity index (χ2v) is 9.94. The molecule has 2 N–H and O–H groups in total. The molecule has 0 saturated heterocycles. The van der Waals surface area contributed by atoms with E-state index in [1.807, 2.05) is 5.38 Å². The Balaban J connectivity index is 1.46. The van der Waals surface area contributed by atoms with Gasteiger partial charge >= 0.3 is 0 Å². The molecule has 0 radical (unpaired) electrons. The summed E-state index contributed by atoms with van der Waals surface area (Å²) in [6, 6.07) is 11.0. The van der Waals surface area contributed by atoms with Crippen LogP contribution in [0, 0.1) is 12.7 Å². The number of hydrogen-bond acceptors (Lipinski definition) is 6. The van der Waals surface area contributed by atoms with Gasteiger partial charge in [-0.25, -0.2) is 22.0 Å². The van der Waals surface area contributed by atoms with Crippen molar-refractivity contribution in [1.29, 1.82) is 0 Å². The first-order chi connectivity index (χ1) is 15.8. The van der Waals surface area contributed by atoms with Crippen LogP contribution in [-0.4, -0.2) is 35.5 Å². The van der Waals surface area contributed by atoms with E-state index in [9.17, 15) is 17.6 Å².